The molecule has 240 valence electrons. The number of benzene rings is 8. The fourth-order valence-electron chi connectivity index (χ4n) is 7.48. The lowest BCUT2D eigenvalue weighted by molar-refractivity contribution is 0.620. The van der Waals surface area contributed by atoms with Crippen LogP contribution in [0.15, 0.2) is 192 Å². The fraction of sp³-hybridized carbons (Fsp3) is 0. The maximum absolute atomic E-state index is 6.41. The molecule has 10 aromatic rings. The number of anilines is 3. The highest BCUT2D eigenvalue weighted by atomic mass is 16.3. The van der Waals surface area contributed by atoms with Crippen molar-refractivity contribution in [2.45, 2.75) is 0 Å². The first-order valence-corrected chi connectivity index (χ1v) is 17.2. The van der Waals surface area contributed by atoms with Crippen LogP contribution in [0.2, 0.25) is 0 Å². The first kappa shape index (κ1) is 29.0. The summed E-state index contributed by atoms with van der Waals surface area (Å²) in [5.41, 5.74) is 11.5. The number of aromatic nitrogens is 2. The summed E-state index contributed by atoms with van der Waals surface area (Å²) in [4.78, 5) is 7.19. The molecule has 0 saturated heterocycles. The highest BCUT2D eigenvalue weighted by Crippen LogP contribution is 2.44. The highest BCUT2D eigenvalue weighted by molar-refractivity contribution is 6.20. The minimum atomic E-state index is 0.613. The molecule has 0 spiro atoms. The molecule has 0 aliphatic heterocycles. The topological polar surface area (TPSA) is 34.2 Å². The van der Waals surface area contributed by atoms with Crippen molar-refractivity contribution in [2.24, 2.45) is 0 Å². The van der Waals surface area contributed by atoms with Gasteiger partial charge in [0.15, 0.2) is 5.58 Å². The van der Waals surface area contributed by atoms with Gasteiger partial charge in [-0.25, -0.2) is 4.98 Å². The van der Waals surface area contributed by atoms with Crippen molar-refractivity contribution in [2.75, 3.05) is 4.90 Å². The second kappa shape index (κ2) is 11.9. The predicted molar refractivity (Wildman–Crippen MR) is 211 cm³/mol. The van der Waals surface area contributed by atoms with Crippen LogP contribution < -0.4 is 4.90 Å². The Kier molecular flexibility index (Phi) is 6.78. The number of hydrogen-bond donors (Lipinski definition) is 0. The molecule has 4 nitrogen and oxygen atoms in total. The Labute approximate surface area is 295 Å². The smallest absolute Gasteiger partial charge is 0.227 e. The number of hydrogen-bond acceptors (Lipinski definition) is 3. The fourth-order valence-corrected chi connectivity index (χ4v) is 7.48. The van der Waals surface area contributed by atoms with E-state index < -0.39 is 0 Å². The van der Waals surface area contributed by atoms with Crippen LogP contribution in [0.25, 0.3) is 71.9 Å². The summed E-state index contributed by atoms with van der Waals surface area (Å²) in [5.74, 6) is 0.613. The zero-order valence-electron chi connectivity index (χ0n) is 27.6. The Morgan fingerprint density at radius 1 is 0.451 bits per heavy atom. The third-order valence-electron chi connectivity index (χ3n) is 9.79. The third-order valence-corrected chi connectivity index (χ3v) is 9.79. The molecule has 0 atom stereocenters. The lowest BCUT2D eigenvalue weighted by Crippen LogP contribution is -2.10. The number of rotatable bonds is 6. The minimum Gasteiger partial charge on any atom is -0.436 e. The van der Waals surface area contributed by atoms with E-state index in [0.29, 0.717) is 5.89 Å². The highest BCUT2D eigenvalue weighted by Gasteiger charge is 2.21. The molecular weight excluding hydrogens is 623 g/mol. The normalized spacial score (nSPS) is 11.5. The van der Waals surface area contributed by atoms with Crippen molar-refractivity contribution in [3.8, 4) is 28.3 Å². The summed E-state index contributed by atoms with van der Waals surface area (Å²) in [7, 11) is 0. The molecular formula is C47H31N3O. The summed E-state index contributed by atoms with van der Waals surface area (Å²) >= 11 is 0. The van der Waals surface area contributed by atoms with E-state index in [1.54, 1.807) is 0 Å². The van der Waals surface area contributed by atoms with Crippen molar-refractivity contribution >= 4 is 60.7 Å². The lowest BCUT2D eigenvalue weighted by Gasteiger charge is -2.27. The van der Waals surface area contributed by atoms with Gasteiger partial charge in [-0.15, -0.1) is 0 Å². The Morgan fingerprint density at radius 2 is 1.08 bits per heavy atom. The molecule has 0 unspecified atom stereocenters. The van der Waals surface area contributed by atoms with Gasteiger partial charge in [-0.1, -0.05) is 121 Å². The van der Waals surface area contributed by atoms with Gasteiger partial charge in [0.25, 0.3) is 0 Å². The molecule has 2 aromatic heterocycles. The Balaban J connectivity index is 1.23. The van der Waals surface area contributed by atoms with Gasteiger partial charge in [-0.05, 0) is 71.8 Å². The molecule has 0 bridgehead atoms. The standard InChI is InChI=1S/C47H31N3O/c1-4-14-32(15-5-1)34-18-12-21-36(30-34)49(37-26-29-42-45(31-37)51-47(48-42)33-16-6-2-7-17-33)43-25-13-23-40-39(43)27-28-41-38-22-10-11-24-44(38)50(46(40)41)35-19-8-3-9-20-35/h1-31H. The minimum absolute atomic E-state index is 0.613. The molecule has 10 rings (SSSR count). The number of fused-ring (bicyclic) bond motifs is 6. The molecule has 0 aliphatic rings. The average Bonchev–Trinajstić information content (AvgIpc) is 3.79. The molecule has 0 radical (unpaired) electrons. The van der Waals surface area contributed by atoms with Crippen LogP contribution in [-0.4, -0.2) is 9.55 Å². The van der Waals surface area contributed by atoms with Crippen LogP contribution in [0, 0.1) is 0 Å². The van der Waals surface area contributed by atoms with E-state index in [2.05, 4.69) is 167 Å². The van der Waals surface area contributed by atoms with E-state index in [4.69, 9.17) is 9.40 Å². The summed E-state index contributed by atoms with van der Waals surface area (Å²) in [6.07, 6.45) is 0. The molecule has 0 N–H and O–H groups in total. The van der Waals surface area contributed by atoms with Crippen molar-refractivity contribution in [1.29, 1.82) is 0 Å². The van der Waals surface area contributed by atoms with E-state index in [1.165, 1.54) is 32.8 Å². The Hall–Kier alpha value is -6.91. The van der Waals surface area contributed by atoms with Crippen LogP contribution >= 0.6 is 0 Å². The van der Waals surface area contributed by atoms with Gasteiger partial charge in [-0.3, -0.25) is 0 Å². The van der Waals surface area contributed by atoms with Gasteiger partial charge in [0.05, 0.1) is 22.4 Å². The van der Waals surface area contributed by atoms with E-state index in [9.17, 15) is 0 Å². The van der Waals surface area contributed by atoms with Gasteiger partial charge < -0.3 is 13.9 Å². The molecule has 0 amide bonds. The van der Waals surface area contributed by atoms with Crippen molar-refractivity contribution in [1.82, 2.24) is 9.55 Å². The Bertz CT molecular complexity index is 2850. The monoisotopic (exact) mass is 653 g/mol. The van der Waals surface area contributed by atoms with E-state index in [1.807, 2.05) is 30.3 Å². The van der Waals surface area contributed by atoms with Gasteiger partial charge in [-0.2, -0.15) is 0 Å². The summed E-state index contributed by atoms with van der Waals surface area (Å²) in [6, 6.07) is 66.3. The van der Waals surface area contributed by atoms with Crippen molar-refractivity contribution in [3.05, 3.63) is 188 Å². The van der Waals surface area contributed by atoms with Crippen LogP contribution in [0.1, 0.15) is 0 Å². The first-order valence-electron chi connectivity index (χ1n) is 17.2. The van der Waals surface area contributed by atoms with Crippen LogP contribution in [0.4, 0.5) is 17.1 Å². The van der Waals surface area contributed by atoms with Gasteiger partial charge in [0.2, 0.25) is 5.89 Å². The maximum atomic E-state index is 6.41. The van der Waals surface area contributed by atoms with Gasteiger partial charge in [0.1, 0.15) is 5.52 Å². The second-order valence-corrected chi connectivity index (χ2v) is 12.8. The lowest BCUT2D eigenvalue weighted by atomic mass is 10.0. The molecule has 51 heavy (non-hydrogen) atoms. The molecule has 0 aliphatic carbocycles. The molecule has 0 fully saturated rings. The van der Waals surface area contributed by atoms with E-state index in [-0.39, 0.29) is 0 Å². The van der Waals surface area contributed by atoms with Crippen LogP contribution in [-0.2, 0) is 0 Å². The zero-order valence-corrected chi connectivity index (χ0v) is 27.6. The quantitative estimate of drug-likeness (QED) is 0.179. The summed E-state index contributed by atoms with van der Waals surface area (Å²) < 4.78 is 8.82. The SMILES string of the molecule is c1ccc(-c2cccc(N(c3ccc4nc(-c5ccccc5)oc4c3)c3cccc4c3ccc3c5ccccc5n(-c5ccccc5)c43)c2)cc1. The van der Waals surface area contributed by atoms with E-state index in [0.717, 1.165) is 50.4 Å². The third kappa shape index (κ3) is 4.88. The van der Waals surface area contributed by atoms with E-state index >= 15 is 0 Å². The van der Waals surface area contributed by atoms with Crippen LogP contribution in [0.3, 0.4) is 0 Å². The molecule has 0 saturated carbocycles. The van der Waals surface area contributed by atoms with Gasteiger partial charge >= 0.3 is 0 Å². The van der Waals surface area contributed by atoms with Crippen LogP contribution in [0.5, 0.6) is 0 Å². The summed E-state index contributed by atoms with van der Waals surface area (Å²) in [5, 5.41) is 4.80. The number of para-hydroxylation sites is 2. The molecule has 4 heteroatoms. The maximum Gasteiger partial charge on any atom is 0.227 e. The number of nitrogens with zero attached hydrogens (tertiary/aromatic N) is 3. The molecule has 8 aromatic carbocycles. The zero-order chi connectivity index (χ0) is 33.7. The summed E-state index contributed by atoms with van der Waals surface area (Å²) in [6.45, 7) is 0. The second-order valence-electron chi connectivity index (χ2n) is 12.8. The number of oxazole rings is 1. The van der Waals surface area contributed by atoms with Crippen molar-refractivity contribution < 1.29 is 4.42 Å². The molecule has 2 heterocycles. The van der Waals surface area contributed by atoms with Gasteiger partial charge in [0, 0.05) is 44.5 Å². The van der Waals surface area contributed by atoms with Crippen molar-refractivity contribution in [3.63, 3.8) is 0 Å². The predicted octanol–water partition coefficient (Wildman–Crippen LogP) is 12.9. The first-order chi connectivity index (χ1) is 25.3. The average molecular weight is 654 g/mol. The largest absolute Gasteiger partial charge is 0.436 e. The Morgan fingerprint density at radius 3 is 1.90 bits per heavy atom.